The highest BCUT2D eigenvalue weighted by atomic mass is 16.5. The Labute approximate surface area is 102 Å². The molecule has 2 N–H and O–H groups in total. The summed E-state index contributed by atoms with van der Waals surface area (Å²) in [6, 6.07) is 0.414. The number of aliphatic hydroxyl groups is 1. The molecule has 5 heteroatoms. The van der Waals surface area contributed by atoms with Gasteiger partial charge in [-0.15, -0.1) is 0 Å². The lowest BCUT2D eigenvalue weighted by Crippen LogP contribution is -2.55. The molecular formula is C12H22N2O3. The van der Waals surface area contributed by atoms with Gasteiger partial charge in [0, 0.05) is 19.1 Å². The van der Waals surface area contributed by atoms with Gasteiger partial charge in [0.2, 0.25) is 5.91 Å². The van der Waals surface area contributed by atoms with Gasteiger partial charge in [-0.1, -0.05) is 12.8 Å². The SMILES string of the molecule is O=C(CN1CCOC2CCCCC21)NCCO. The number of ether oxygens (including phenoxy) is 1. The Morgan fingerprint density at radius 2 is 2.24 bits per heavy atom. The summed E-state index contributed by atoms with van der Waals surface area (Å²) in [4.78, 5) is 13.9. The second-order valence-electron chi connectivity index (χ2n) is 4.81. The van der Waals surface area contributed by atoms with Gasteiger partial charge >= 0.3 is 0 Å². The van der Waals surface area contributed by atoms with Crippen LogP contribution >= 0.6 is 0 Å². The van der Waals surface area contributed by atoms with Crippen molar-refractivity contribution in [2.75, 3.05) is 32.8 Å². The predicted molar refractivity (Wildman–Crippen MR) is 63.7 cm³/mol. The first kappa shape index (κ1) is 12.8. The van der Waals surface area contributed by atoms with Crippen molar-refractivity contribution >= 4 is 5.91 Å². The number of morpholine rings is 1. The standard InChI is InChI=1S/C12H22N2O3/c15-7-5-13-12(16)9-14-6-8-17-11-4-2-1-3-10(11)14/h10-11,15H,1-9H2,(H,13,16). The first-order chi connectivity index (χ1) is 8.31. The van der Waals surface area contributed by atoms with E-state index < -0.39 is 0 Å². The Kier molecular flexibility index (Phi) is 4.76. The number of aliphatic hydroxyl groups excluding tert-OH is 1. The van der Waals surface area contributed by atoms with Crippen LogP contribution in [0, 0.1) is 0 Å². The third-order valence-electron chi connectivity index (χ3n) is 3.63. The van der Waals surface area contributed by atoms with Crippen LogP contribution in [0.5, 0.6) is 0 Å². The largest absolute Gasteiger partial charge is 0.395 e. The molecule has 2 atom stereocenters. The lowest BCUT2D eigenvalue weighted by Gasteiger charge is -2.43. The van der Waals surface area contributed by atoms with Crippen LogP contribution in [0.2, 0.25) is 0 Å². The minimum atomic E-state index is 0.000898. The van der Waals surface area contributed by atoms with Crippen molar-refractivity contribution in [2.45, 2.75) is 37.8 Å². The van der Waals surface area contributed by atoms with Crippen molar-refractivity contribution in [3.05, 3.63) is 0 Å². The van der Waals surface area contributed by atoms with Crippen molar-refractivity contribution in [3.63, 3.8) is 0 Å². The molecule has 1 heterocycles. The van der Waals surface area contributed by atoms with Gasteiger partial charge in [-0.2, -0.15) is 0 Å². The van der Waals surface area contributed by atoms with Crippen LogP contribution in [0.1, 0.15) is 25.7 Å². The van der Waals surface area contributed by atoms with E-state index in [4.69, 9.17) is 9.84 Å². The van der Waals surface area contributed by atoms with E-state index in [1.165, 1.54) is 12.8 Å². The summed E-state index contributed by atoms with van der Waals surface area (Å²) in [7, 11) is 0. The Balaban J connectivity index is 1.83. The molecule has 1 saturated carbocycles. The lowest BCUT2D eigenvalue weighted by atomic mass is 9.90. The van der Waals surface area contributed by atoms with Gasteiger partial charge < -0.3 is 15.2 Å². The maximum atomic E-state index is 11.6. The molecule has 98 valence electrons. The first-order valence-electron chi connectivity index (χ1n) is 6.54. The molecule has 1 aliphatic carbocycles. The van der Waals surface area contributed by atoms with Gasteiger partial charge in [0.15, 0.2) is 0 Å². The lowest BCUT2D eigenvalue weighted by molar-refractivity contribution is -0.129. The van der Waals surface area contributed by atoms with E-state index in [2.05, 4.69) is 10.2 Å². The molecule has 5 nitrogen and oxygen atoms in total. The van der Waals surface area contributed by atoms with Crippen molar-refractivity contribution in [1.82, 2.24) is 10.2 Å². The quantitative estimate of drug-likeness (QED) is 0.713. The summed E-state index contributed by atoms with van der Waals surface area (Å²) in [6.45, 7) is 2.35. The summed E-state index contributed by atoms with van der Waals surface area (Å²) in [5, 5.41) is 11.4. The van der Waals surface area contributed by atoms with Crippen molar-refractivity contribution < 1.29 is 14.6 Å². The number of amides is 1. The highest BCUT2D eigenvalue weighted by molar-refractivity contribution is 5.78. The molecule has 0 aromatic rings. The van der Waals surface area contributed by atoms with Crippen molar-refractivity contribution in [3.8, 4) is 0 Å². The van der Waals surface area contributed by atoms with Gasteiger partial charge in [-0.25, -0.2) is 0 Å². The summed E-state index contributed by atoms with van der Waals surface area (Å²) in [5.74, 6) is 0.00488. The van der Waals surface area contributed by atoms with E-state index in [0.717, 1.165) is 26.0 Å². The van der Waals surface area contributed by atoms with Crippen LogP contribution in [0.3, 0.4) is 0 Å². The molecule has 2 fully saturated rings. The van der Waals surface area contributed by atoms with E-state index in [0.29, 0.717) is 25.2 Å². The minimum absolute atomic E-state index is 0.000898. The highest BCUT2D eigenvalue weighted by Crippen LogP contribution is 2.27. The molecule has 1 aliphatic heterocycles. The van der Waals surface area contributed by atoms with E-state index in [9.17, 15) is 4.79 Å². The predicted octanol–water partition coefficient (Wildman–Crippen LogP) is -0.262. The van der Waals surface area contributed by atoms with Crippen LogP contribution in [0.4, 0.5) is 0 Å². The smallest absolute Gasteiger partial charge is 0.234 e. The Bertz CT molecular complexity index is 258. The number of fused-ring (bicyclic) bond motifs is 1. The molecule has 2 unspecified atom stereocenters. The molecular weight excluding hydrogens is 220 g/mol. The van der Waals surface area contributed by atoms with E-state index in [1.54, 1.807) is 0 Å². The maximum absolute atomic E-state index is 11.6. The van der Waals surface area contributed by atoms with Crippen LogP contribution < -0.4 is 5.32 Å². The van der Waals surface area contributed by atoms with Gasteiger partial charge in [-0.05, 0) is 12.8 Å². The highest BCUT2D eigenvalue weighted by Gasteiger charge is 2.34. The number of carbonyl (C=O) groups is 1. The molecule has 0 spiro atoms. The fourth-order valence-electron chi connectivity index (χ4n) is 2.81. The van der Waals surface area contributed by atoms with Gasteiger partial charge in [0.05, 0.1) is 25.9 Å². The molecule has 0 radical (unpaired) electrons. The molecule has 17 heavy (non-hydrogen) atoms. The van der Waals surface area contributed by atoms with Crippen molar-refractivity contribution in [1.29, 1.82) is 0 Å². The zero-order chi connectivity index (χ0) is 12.1. The third-order valence-corrected chi connectivity index (χ3v) is 3.63. The van der Waals surface area contributed by atoms with E-state index >= 15 is 0 Å². The van der Waals surface area contributed by atoms with Crippen LogP contribution in [-0.4, -0.2) is 60.9 Å². The average molecular weight is 242 g/mol. The third kappa shape index (κ3) is 3.40. The molecule has 0 bridgehead atoms. The second-order valence-corrected chi connectivity index (χ2v) is 4.81. The molecule has 2 rings (SSSR count). The molecule has 1 saturated heterocycles. The minimum Gasteiger partial charge on any atom is -0.395 e. The summed E-state index contributed by atoms with van der Waals surface area (Å²) in [5.41, 5.74) is 0. The average Bonchev–Trinajstić information content (AvgIpc) is 2.37. The maximum Gasteiger partial charge on any atom is 0.234 e. The number of carbonyl (C=O) groups excluding carboxylic acids is 1. The Morgan fingerprint density at radius 1 is 1.41 bits per heavy atom. The number of nitrogens with zero attached hydrogens (tertiary/aromatic N) is 1. The summed E-state index contributed by atoms with van der Waals surface area (Å²) < 4.78 is 5.76. The summed E-state index contributed by atoms with van der Waals surface area (Å²) >= 11 is 0. The zero-order valence-electron chi connectivity index (χ0n) is 10.2. The van der Waals surface area contributed by atoms with Gasteiger partial charge in [0.1, 0.15) is 0 Å². The molecule has 1 amide bonds. The molecule has 0 aromatic carbocycles. The van der Waals surface area contributed by atoms with Crippen LogP contribution in [-0.2, 0) is 9.53 Å². The number of rotatable bonds is 4. The Morgan fingerprint density at radius 3 is 3.06 bits per heavy atom. The normalized spacial score (nSPS) is 29.7. The van der Waals surface area contributed by atoms with Crippen molar-refractivity contribution in [2.24, 2.45) is 0 Å². The summed E-state index contributed by atoms with van der Waals surface area (Å²) in [6.07, 6.45) is 5.06. The molecule has 2 aliphatic rings. The fourth-order valence-corrected chi connectivity index (χ4v) is 2.81. The fraction of sp³-hybridized carbons (Fsp3) is 0.917. The molecule has 0 aromatic heterocycles. The second kappa shape index (κ2) is 6.33. The number of nitrogens with one attached hydrogen (secondary N) is 1. The van der Waals surface area contributed by atoms with E-state index in [1.807, 2.05) is 0 Å². The first-order valence-corrected chi connectivity index (χ1v) is 6.54. The van der Waals surface area contributed by atoms with Crippen LogP contribution in [0.25, 0.3) is 0 Å². The van der Waals surface area contributed by atoms with Crippen LogP contribution in [0.15, 0.2) is 0 Å². The number of hydrogen-bond acceptors (Lipinski definition) is 4. The zero-order valence-corrected chi connectivity index (χ0v) is 10.2. The Hall–Kier alpha value is -0.650. The number of hydrogen-bond donors (Lipinski definition) is 2. The topological polar surface area (TPSA) is 61.8 Å². The monoisotopic (exact) mass is 242 g/mol. The van der Waals surface area contributed by atoms with E-state index in [-0.39, 0.29) is 12.5 Å². The van der Waals surface area contributed by atoms with Gasteiger partial charge in [-0.3, -0.25) is 9.69 Å². The van der Waals surface area contributed by atoms with Gasteiger partial charge in [0.25, 0.3) is 0 Å².